The number of piperidine rings is 1. The molecule has 0 radical (unpaired) electrons. The highest BCUT2D eigenvalue weighted by Gasteiger charge is 2.29. The number of hydrogen-bond donors (Lipinski definition) is 0. The monoisotopic (exact) mass is 420 g/mol. The maximum Gasteiger partial charge on any atom is 0.300 e. The number of aryl methyl sites for hydroxylation is 2. The van der Waals surface area contributed by atoms with Crippen LogP contribution in [-0.2, 0) is 0 Å². The van der Waals surface area contributed by atoms with E-state index in [0.29, 0.717) is 11.5 Å². The molecule has 1 saturated heterocycles. The molecule has 0 saturated carbocycles. The van der Waals surface area contributed by atoms with Crippen LogP contribution >= 0.6 is 11.6 Å². The zero-order valence-electron chi connectivity index (χ0n) is 17.3. The molecule has 1 aliphatic rings. The third-order valence-corrected chi connectivity index (χ3v) is 6.38. The molecule has 0 amide bonds. The molecule has 3 aromatic carbocycles. The average molecular weight is 421 g/mol. The first kappa shape index (κ1) is 20.4. The molecule has 0 bridgehead atoms. The Morgan fingerprint density at radius 1 is 0.933 bits per heavy atom. The van der Waals surface area contributed by atoms with Gasteiger partial charge in [-0.05, 0) is 79.1 Å². The number of nitrogens with zero attached hydrogens (tertiary/aromatic N) is 2. The molecule has 154 valence electrons. The molecule has 5 heteroatoms. The molecule has 1 fully saturated rings. The Bertz CT molecular complexity index is 1050. The number of nitro groups is 1. The molecule has 1 heterocycles. The summed E-state index contributed by atoms with van der Waals surface area (Å²) in [4.78, 5) is 14.1. The Morgan fingerprint density at radius 2 is 1.53 bits per heavy atom. The van der Waals surface area contributed by atoms with Gasteiger partial charge in [-0.3, -0.25) is 10.1 Å². The predicted octanol–water partition coefficient (Wildman–Crippen LogP) is 6.92. The number of nitro benzene ring substituents is 1. The van der Waals surface area contributed by atoms with Gasteiger partial charge in [-0.1, -0.05) is 48.0 Å². The summed E-state index contributed by atoms with van der Waals surface area (Å²) in [7, 11) is 0. The van der Waals surface area contributed by atoms with Crippen LogP contribution in [0.2, 0.25) is 5.02 Å². The molecule has 30 heavy (non-hydrogen) atoms. The highest BCUT2D eigenvalue weighted by atomic mass is 35.5. The molecule has 0 spiro atoms. The minimum atomic E-state index is -0.220. The molecular weight excluding hydrogens is 396 g/mol. The minimum absolute atomic E-state index is 0.208. The van der Waals surface area contributed by atoms with Crippen LogP contribution < -0.4 is 4.90 Å². The standard InChI is InChI=1S/C25H25ClN2O2/c1-17-5-3-6-18(2)24(17)22-7-4-8-23(25(22)28(29)30)27-15-13-20(14-16-27)19-9-11-21(26)12-10-19/h3-12,20H,13-16H2,1-2H3. The lowest BCUT2D eigenvalue weighted by atomic mass is 9.88. The highest BCUT2D eigenvalue weighted by molar-refractivity contribution is 6.30. The largest absolute Gasteiger partial charge is 0.366 e. The van der Waals surface area contributed by atoms with Gasteiger partial charge in [0.2, 0.25) is 0 Å². The third kappa shape index (κ3) is 3.92. The second kappa shape index (κ2) is 8.49. The Morgan fingerprint density at radius 3 is 2.13 bits per heavy atom. The normalized spacial score (nSPS) is 14.7. The number of benzene rings is 3. The van der Waals surface area contributed by atoms with Crippen LogP contribution in [0.5, 0.6) is 0 Å². The number of halogens is 1. The molecule has 0 aromatic heterocycles. The Hall–Kier alpha value is -2.85. The van der Waals surface area contributed by atoms with Crippen LogP contribution in [0.3, 0.4) is 0 Å². The second-order valence-electron chi connectivity index (χ2n) is 8.01. The van der Waals surface area contributed by atoms with Crippen molar-refractivity contribution in [3.63, 3.8) is 0 Å². The van der Waals surface area contributed by atoms with E-state index in [1.807, 2.05) is 62.4 Å². The van der Waals surface area contributed by atoms with Crippen LogP contribution in [0, 0.1) is 24.0 Å². The van der Waals surface area contributed by atoms with Gasteiger partial charge in [0.1, 0.15) is 5.69 Å². The van der Waals surface area contributed by atoms with Gasteiger partial charge in [0.25, 0.3) is 5.69 Å². The minimum Gasteiger partial charge on any atom is -0.366 e. The molecule has 0 N–H and O–H groups in total. The van der Waals surface area contributed by atoms with Crippen LogP contribution in [0.15, 0.2) is 60.7 Å². The van der Waals surface area contributed by atoms with E-state index in [1.165, 1.54) is 5.56 Å². The summed E-state index contributed by atoms with van der Waals surface area (Å²) >= 11 is 6.02. The molecule has 0 unspecified atom stereocenters. The zero-order chi connectivity index (χ0) is 21.3. The van der Waals surface area contributed by atoms with Gasteiger partial charge in [0, 0.05) is 18.1 Å². The van der Waals surface area contributed by atoms with Gasteiger partial charge in [-0.2, -0.15) is 0 Å². The topological polar surface area (TPSA) is 46.4 Å². The quantitative estimate of drug-likeness (QED) is 0.340. The van der Waals surface area contributed by atoms with Crippen molar-refractivity contribution in [3.05, 3.63) is 92.5 Å². The maximum atomic E-state index is 12.2. The third-order valence-electron chi connectivity index (χ3n) is 6.12. The van der Waals surface area contributed by atoms with Crippen LogP contribution in [0.1, 0.15) is 35.4 Å². The van der Waals surface area contributed by atoms with Crippen molar-refractivity contribution in [2.45, 2.75) is 32.6 Å². The lowest BCUT2D eigenvalue weighted by Gasteiger charge is -2.34. The fourth-order valence-electron chi connectivity index (χ4n) is 4.61. The van der Waals surface area contributed by atoms with Gasteiger partial charge in [-0.15, -0.1) is 0 Å². The molecule has 4 nitrogen and oxygen atoms in total. The summed E-state index contributed by atoms with van der Waals surface area (Å²) in [6.07, 6.45) is 1.93. The molecule has 4 rings (SSSR count). The number of hydrogen-bond acceptors (Lipinski definition) is 3. The summed E-state index contributed by atoms with van der Waals surface area (Å²) in [5.74, 6) is 0.458. The predicted molar refractivity (Wildman–Crippen MR) is 124 cm³/mol. The Kier molecular flexibility index (Phi) is 5.78. The zero-order valence-corrected chi connectivity index (χ0v) is 18.0. The summed E-state index contributed by atoms with van der Waals surface area (Å²) < 4.78 is 0. The Balaban J connectivity index is 1.66. The van der Waals surface area contributed by atoms with Gasteiger partial charge in [0.05, 0.1) is 10.5 Å². The number of para-hydroxylation sites is 1. The lowest BCUT2D eigenvalue weighted by Crippen LogP contribution is -2.33. The fraction of sp³-hybridized carbons (Fsp3) is 0.280. The van der Waals surface area contributed by atoms with Crippen LogP contribution in [0.25, 0.3) is 11.1 Å². The van der Waals surface area contributed by atoms with Crippen molar-refractivity contribution in [3.8, 4) is 11.1 Å². The van der Waals surface area contributed by atoms with E-state index >= 15 is 0 Å². The van der Waals surface area contributed by atoms with E-state index < -0.39 is 0 Å². The van der Waals surface area contributed by atoms with E-state index in [4.69, 9.17) is 11.6 Å². The van der Waals surface area contributed by atoms with E-state index in [9.17, 15) is 10.1 Å². The lowest BCUT2D eigenvalue weighted by molar-refractivity contribution is -0.383. The summed E-state index contributed by atoms with van der Waals surface area (Å²) in [6, 6.07) is 19.8. The van der Waals surface area contributed by atoms with Crippen molar-refractivity contribution < 1.29 is 4.92 Å². The summed E-state index contributed by atoms with van der Waals surface area (Å²) in [5.41, 5.74) is 5.98. The summed E-state index contributed by atoms with van der Waals surface area (Å²) in [5, 5.41) is 12.9. The van der Waals surface area contributed by atoms with Gasteiger partial charge in [-0.25, -0.2) is 0 Å². The average Bonchev–Trinajstić information content (AvgIpc) is 2.74. The van der Waals surface area contributed by atoms with Gasteiger partial charge >= 0.3 is 0 Å². The van der Waals surface area contributed by atoms with E-state index in [0.717, 1.165) is 53.3 Å². The second-order valence-corrected chi connectivity index (χ2v) is 8.45. The van der Waals surface area contributed by atoms with Crippen molar-refractivity contribution in [1.29, 1.82) is 0 Å². The molecular formula is C25H25ClN2O2. The maximum absolute atomic E-state index is 12.2. The molecule has 0 atom stereocenters. The van der Waals surface area contributed by atoms with Crippen LogP contribution in [0.4, 0.5) is 11.4 Å². The van der Waals surface area contributed by atoms with E-state index in [1.54, 1.807) is 0 Å². The smallest absolute Gasteiger partial charge is 0.300 e. The van der Waals surface area contributed by atoms with E-state index in [-0.39, 0.29) is 10.6 Å². The summed E-state index contributed by atoms with van der Waals surface area (Å²) in [6.45, 7) is 5.61. The van der Waals surface area contributed by atoms with Crippen molar-refractivity contribution in [1.82, 2.24) is 0 Å². The van der Waals surface area contributed by atoms with Crippen molar-refractivity contribution in [2.75, 3.05) is 18.0 Å². The SMILES string of the molecule is Cc1cccc(C)c1-c1cccc(N2CCC(c3ccc(Cl)cc3)CC2)c1[N+](=O)[O-]. The molecule has 3 aromatic rings. The molecule has 0 aliphatic carbocycles. The van der Waals surface area contributed by atoms with Crippen molar-refractivity contribution in [2.24, 2.45) is 0 Å². The first-order chi connectivity index (χ1) is 14.5. The first-order valence-corrected chi connectivity index (χ1v) is 10.7. The Labute approximate surface area is 182 Å². The fourth-order valence-corrected chi connectivity index (χ4v) is 4.73. The van der Waals surface area contributed by atoms with Gasteiger partial charge in [0.15, 0.2) is 0 Å². The van der Waals surface area contributed by atoms with E-state index in [2.05, 4.69) is 17.0 Å². The number of rotatable bonds is 4. The van der Waals surface area contributed by atoms with Gasteiger partial charge < -0.3 is 4.90 Å². The van der Waals surface area contributed by atoms with Crippen LogP contribution in [-0.4, -0.2) is 18.0 Å². The first-order valence-electron chi connectivity index (χ1n) is 10.3. The number of anilines is 1. The van der Waals surface area contributed by atoms with Crippen molar-refractivity contribution >= 4 is 23.0 Å². The highest BCUT2D eigenvalue weighted by Crippen LogP contribution is 2.42. The molecule has 1 aliphatic heterocycles.